The summed E-state index contributed by atoms with van der Waals surface area (Å²) in [4.78, 5) is 12.1. The highest BCUT2D eigenvalue weighted by molar-refractivity contribution is 7.54. The first-order valence-corrected chi connectivity index (χ1v) is 10.7. The van der Waals surface area contributed by atoms with Crippen molar-refractivity contribution in [2.75, 3.05) is 19.8 Å². The van der Waals surface area contributed by atoms with Gasteiger partial charge in [-0.2, -0.15) is 0 Å². The van der Waals surface area contributed by atoms with Gasteiger partial charge in [0.2, 0.25) is 0 Å². The molecular formula is C18H37NO6P. The van der Waals surface area contributed by atoms with Crippen LogP contribution in [0.15, 0.2) is 0 Å². The fourth-order valence-corrected chi connectivity index (χ4v) is 4.94. The highest BCUT2D eigenvalue weighted by Crippen LogP contribution is 2.60. The molecule has 0 aromatic rings. The van der Waals surface area contributed by atoms with Crippen molar-refractivity contribution >= 4 is 13.6 Å². The molecule has 26 heavy (non-hydrogen) atoms. The van der Waals surface area contributed by atoms with E-state index in [1.54, 1.807) is 48.5 Å². The first-order valence-electron chi connectivity index (χ1n) is 9.05. The van der Waals surface area contributed by atoms with Gasteiger partial charge in [-0.25, -0.2) is 0 Å². The fraction of sp³-hybridized carbons (Fsp3) is 0.944. The first-order chi connectivity index (χ1) is 11.5. The zero-order valence-electron chi connectivity index (χ0n) is 18.0. The van der Waals surface area contributed by atoms with Crippen molar-refractivity contribution in [3.05, 3.63) is 0 Å². The van der Waals surface area contributed by atoms with Crippen LogP contribution in [0.3, 0.4) is 0 Å². The number of hydrogen-bond donors (Lipinski definition) is 0. The Labute approximate surface area is 158 Å². The molecule has 0 aliphatic rings. The van der Waals surface area contributed by atoms with Crippen LogP contribution in [0, 0.1) is 10.8 Å². The molecule has 0 aromatic carbocycles. The summed E-state index contributed by atoms with van der Waals surface area (Å²) in [5, 5.41) is 14.0. The molecule has 0 bridgehead atoms. The van der Waals surface area contributed by atoms with Gasteiger partial charge < -0.3 is 13.8 Å². The Morgan fingerprint density at radius 3 is 1.69 bits per heavy atom. The van der Waals surface area contributed by atoms with E-state index in [0.717, 1.165) is 5.06 Å². The van der Waals surface area contributed by atoms with Crippen LogP contribution in [0.2, 0.25) is 0 Å². The van der Waals surface area contributed by atoms with Gasteiger partial charge in [-0.1, -0.05) is 20.8 Å². The largest absolute Gasteiger partial charge is 0.463 e. The monoisotopic (exact) mass is 394 g/mol. The average Bonchev–Trinajstić information content (AvgIpc) is 2.42. The van der Waals surface area contributed by atoms with E-state index in [2.05, 4.69) is 0 Å². The van der Waals surface area contributed by atoms with E-state index in [9.17, 15) is 14.6 Å². The van der Waals surface area contributed by atoms with Crippen molar-refractivity contribution < 1.29 is 28.4 Å². The number of carbonyl (C=O) groups is 1. The SMILES string of the molecule is CCOP(=O)(OCC)C(N([O])C(C)(C)COC(=O)C(C)(C)C)C(C)(C)C. The van der Waals surface area contributed by atoms with Gasteiger partial charge >= 0.3 is 13.6 Å². The number of rotatable bonds is 9. The maximum atomic E-state index is 13.4. The first kappa shape index (κ1) is 25.5. The summed E-state index contributed by atoms with van der Waals surface area (Å²) in [6, 6.07) is 0. The van der Waals surface area contributed by atoms with Gasteiger partial charge in [0.1, 0.15) is 12.4 Å². The number of ether oxygens (including phenoxy) is 1. The van der Waals surface area contributed by atoms with Gasteiger partial charge in [0, 0.05) is 0 Å². The molecule has 1 unspecified atom stereocenters. The molecule has 0 aromatic heterocycles. The number of hydrogen-bond acceptors (Lipinski definition) is 6. The van der Waals surface area contributed by atoms with Gasteiger partial charge in [0.25, 0.3) is 0 Å². The Balaban J connectivity index is 5.69. The van der Waals surface area contributed by atoms with Crippen LogP contribution in [-0.4, -0.2) is 42.2 Å². The van der Waals surface area contributed by atoms with Crippen LogP contribution in [0.5, 0.6) is 0 Å². The Bertz CT molecular complexity index is 497. The minimum Gasteiger partial charge on any atom is -0.463 e. The van der Waals surface area contributed by atoms with Crippen molar-refractivity contribution in [1.82, 2.24) is 5.06 Å². The van der Waals surface area contributed by atoms with E-state index in [-0.39, 0.29) is 19.8 Å². The molecule has 1 radical (unpaired) electrons. The van der Waals surface area contributed by atoms with Crippen molar-refractivity contribution in [3.8, 4) is 0 Å². The van der Waals surface area contributed by atoms with Crippen molar-refractivity contribution in [1.29, 1.82) is 0 Å². The number of hydroxylamine groups is 2. The number of esters is 1. The molecule has 7 nitrogen and oxygen atoms in total. The quantitative estimate of drug-likeness (QED) is 0.322. The lowest BCUT2D eigenvalue weighted by atomic mass is 9.93. The molecule has 0 saturated heterocycles. The fourth-order valence-electron chi connectivity index (χ4n) is 2.35. The van der Waals surface area contributed by atoms with Crippen molar-refractivity contribution in [2.24, 2.45) is 10.8 Å². The van der Waals surface area contributed by atoms with E-state index in [1.165, 1.54) is 0 Å². The predicted octanol–water partition coefficient (Wildman–Crippen LogP) is 4.64. The average molecular weight is 394 g/mol. The third-order valence-electron chi connectivity index (χ3n) is 3.68. The number of carbonyl (C=O) groups excluding carboxylic acids is 1. The molecule has 8 heteroatoms. The molecule has 0 aliphatic carbocycles. The Morgan fingerprint density at radius 2 is 1.38 bits per heavy atom. The second-order valence-corrected chi connectivity index (χ2v) is 11.2. The molecule has 0 fully saturated rings. The second-order valence-electron chi connectivity index (χ2n) is 9.08. The van der Waals surface area contributed by atoms with Gasteiger partial charge in [0.15, 0.2) is 0 Å². The van der Waals surface area contributed by atoms with Crippen LogP contribution in [-0.2, 0) is 28.4 Å². The van der Waals surface area contributed by atoms with Gasteiger partial charge in [-0.05, 0) is 53.9 Å². The summed E-state index contributed by atoms with van der Waals surface area (Å²) in [5.74, 6) is -1.44. The van der Waals surface area contributed by atoms with Crippen LogP contribution < -0.4 is 0 Å². The van der Waals surface area contributed by atoms with Crippen molar-refractivity contribution in [2.45, 2.75) is 80.6 Å². The van der Waals surface area contributed by atoms with Crippen LogP contribution in [0.25, 0.3) is 0 Å². The number of nitrogens with zero attached hydrogens (tertiary/aromatic N) is 1. The van der Waals surface area contributed by atoms with Gasteiger partial charge in [-0.15, -0.1) is 10.3 Å². The summed E-state index contributed by atoms with van der Waals surface area (Å²) in [7, 11) is -3.71. The molecule has 0 N–H and O–H groups in total. The molecule has 0 rings (SSSR count). The normalized spacial score (nSPS) is 15.2. The summed E-state index contributed by atoms with van der Waals surface area (Å²) in [6.07, 6.45) is 0. The van der Waals surface area contributed by atoms with Gasteiger partial charge in [-0.3, -0.25) is 9.36 Å². The van der Waals surface area contributed by atoms with E-state index in [4.69, 9.17) is 13.8 Å². The predicted molar refractivity (Wildman–Crippen MR) is 101 cm³/mol. The smallest absolute Gasteiger partial charge is 0.350 e. The molecule has 0 aliphatic heterocycles. The van der Waals surface area contributed by atoms with Gasteiger partial charge in [0.05, 0.1) is 24.2 Å². The zero-order chi connectivity index (χ0) is 21.0. The summed E-state index contributed by atoms with van der Waals surface area (Å²) < 4.78 is 29.6. The van der Waals surface area contributed by atoms with E-state index in [0.29, 0.717) is 0 Å². The lowest BCUT2D eigenvalue weighted by Crippen LogP contribution is -2.54. The van der Waals surface area contributed by atoms with Crippen molar-refractivity contribution in [3.63, 3.8) is 0 Å². The standard InChI is InChI=1S/C18H37NO6P/c1-11-24-26(22,25-12-2)14(16(3,4)5)19(21)18(9,10)13-23-15(20)17(6,7)8/h14H,11-13H2,1-10H3. The van der Waals surface area contributed by atoms with Crippen LogP contribution >= 0.6 is 7.60 Å². The third kappa shape index (κ3) is 6.93. The Kier molecular flexibility index (Phi) is 8.99. The van der Waals surface area contributed by atoms with Crippen LogP contribution in [0.1, 0.15) is 69.2 Å². The summed E-state index contributed by atoms with van der Waals surface area (Å²) in [5.41, 5.74) is -2.46. The van der Waals surface area contributed by atoms with E-state index < -0.39 is 35.7 Å². The Hall–Kier alpha value is -0.460. The minimum absolute atomic E-state index is 0.128. The van der Waals surface area contributed by atoms with E-state index >= 15 is 0 Å². The van der Waals surface area contributed by atoms with Crippen LogP contribution in [0.4, 0.5) is 0 Å². The molecule has 0 heterocycles. The maximum Gasteiger partial charge on any atom is 0.350 e. The third-order valence-corrected chi connectivity index (χ3v) is 6.50. The molecule has 1 atom stereocenters. The molecule has 0 saturated carbocycles. The highest BCUT2D eigenvalue weighted by atomic mass is 31.2. The topological polar surface area (TPSA) is 85.0 Å². The summed E-state index contributed by atoms with van der Waals surface area (Å²) >= 11 is 0. The maximum absolute atomic E-state index is 13.4. The zero-order valence-corrected chi connectivity index (χ0v) is 18.9. The molecule has 0 spiro atoms. The molecule has 0 amide bonds. The minimum atomic E-state index is -3.71. The highest BCUT2D eigenvalue weighted by Gasteiger charge is 2.52. The second kappa shape index (κ2) is 9.16. The lowest BCUT2D eigenvalue weighted by molar-refractivity contribution is -0.255. The lowest BCUT2D eigenvalue weighted by Gasteiger charge is -2.44. The molecule has 155 valence electrons. The van der Waals surface area contributed by atoms with E-state index in [1.807, 2.05) is 20.8 Å². The summed E-state index contributed by atoms with van der Waals surface area (Å²) in [6.45, 7) is 17.6. The Morgan fingerprint density at radius 1 is 0.962 bits per heavy atom. The molecular weight excluding hydrogens is 357 g/mol.